The van der Waals surface area contributed by atoms with E-state index in [0.29, 0.717) is 42.7 Å². The van der Waals surface area contributed by atoms with Crippen LogP contribution >= 0.6 is 11.6 Å². The Morgan fingerprint density at radius 1 is 1.03 bits per heavy atom. The average molecular weight is 451 g/mol. The third kappa shape index (κ3) is 3.65. The van der Waals surface area contributed by atoms with Gasteiger partial charge in [0.25, 0.3) is 5.91 Å². The van der Waals surface area contributed by atoms with Gasteiger partial charge in [-0.05, 0) is 30.7 Å². The van der Waals surface area contributed by atoms with Crippen LogP contribution in [-0.2, 0) is 11.3 Å². The number of aromatic nitrogens is 4. The van der Waals surface area contributed by atoms with Crippen LogP contribution in [0.5, 0.6) is 0 Å². The van der Waals surface area contributed by atoms with Crippen LogP contribution in [0.15, 0.2) is 48.5 Å². The Balaban J connectivity index is 1.49. The van der Waals surface area contributed by atoms with Crippen LogP contribution in [0, 0.1) is 0 Å². The lowest BCUT2D eigenvalue weighted by Gasteiger charge is -2.24. The molecular weight excluding hydrogens is 428 g/mol. The summed E-state index contributed by atoms with van der Waals surface area (Å²) in [5.41, 5.74) is 2.15. The number of carbonyl (C=O) groups is 1. The molecule has 0 aliphatic carbocycles. The first-order chi connectivity index (χ1) is 15.7. The zero-order valence-electron chi connectivity index (χ0n) is 17.7. The predicted molar refractivity (Wildman–Crippen MR) is 123 cm³/mol. The third-order valence-corrected chi connectivity index (χ3v) is 6.07. The molecule has 2 aromatic heterocycles. The van der Waals surface area contributed by atoms with Crippen molar-refractivity contribution in [2.75, 3.05) is 38.2 Å². The number of halogens is 1. The van der Waals surface area contributed by atoms with Crippen molar-refractivity contribution in [1.29, 1.82) is 0 Å². The Bertz CT molecular complexity index is 1290. The van der Waals surface area contributed by atoms with E-state index < -0.39 is 0 Å². The molecule has 1 fully saturated rings. The second-order valence-corrected chi connectivity index (χ2v) is 8.16. The molecule has 32 heavy (non-hydrogen) atoms. The quantitative estimate of drug-likeness (QED) is 0.474. The molecule has 1 amide bonds. The molecule has 1 aliphatic heterocycles. The van der Waals surface area contributed by atoms with Crippen molar-refractivity contribution in [3.05, 3.63) is 64.9 Å². The molecule has 8 nitrogen and oxygen atoms in total. The monoisotopic (exact) mass is 450 g/mol. The predicted octanol–water partition coefficient (Wildman–Crippen LogP) is 3.43. The summed E-state index contributed by atoms with van der Waals surface area (Å²) in [4.78, 5) is 22.1. The van der Waals surface area contributed by atoms with E-state index >= 15 is 0 Å². The number of carbonyl (C=O) groups excluding carboxylic acids is 1. The van der Waals surface area contributed by atoms with Crippen molar-refractivity contribution in [3.63, 3.8) is 0 Å². The Hall–Kier alpha value is -3.23. The first-order valence-electron chi connectivity index (χ1n) is 10.6. The summed E-state index contributed by atoms with van der Waals surface area (Å²) in [6.07, 6.45) is 0.813. The van der Waals surface area contributed by atoms with E-state index in [4.69, 9.17) is 21.3 Å². The molecule has 5 rings (SSSR count). The molecule has 164 valence electrons. The van der Waals surface area contributed by atoms with Gasteiger partial charge >= 0.3 is 0 Å². The lowest BCUT2D eigenvalue weighted by atomic mass is 10.2. The Labute approximate surface area is 190 Å². The number of hydrogen-bond acceptors (Lipinski definition) is 6. The third-order valence-electron chi connectivity index (χ3n) is 5.74. The molecule has 4 aromatic rings. The summed E-state index contributed by atoms with van der Waals surface area (Å²) in [5, 5.41) is 10.2. The fraction of sp³-hybridized carbons (Fsp3) is 0.304. The van der Waals surface area contributed by atoms with Gasteiger partial charge in [0.15, 0.2) is 11.5 Å². The molecular formula is C23H23ClN6O2. The van der Waals surface area contributed by atoms with E-state index in [9.17, 15) is 4.79 Å². The highest BCUT2D eigenvalue weighted by Crippen LogP contribution is 2.26. The van der Waals surface area contributed by atoms with E-state index in [1.54, 1.807) is 19.2 Å². The Morgan fingerprint density at radius 3 is 2.69 bits per heavy atom. The molecule has 1 saturated heterocycles. The maximum Gasteiger partial charge on any atom is 0.255 e. The number of benzene rings is 2. The van der Waals surface area contributed by atoms with Crippen molar-refractivity contribution in [2.24, 2.45) is 0 Å². The van der Waals surface area contributed by atoms with E-state index in [-0.39, 0.29) is 5.91 Å². The van der Waals surface area contributed by atoms with Crippen molar-refractivity contribution in [2.45, 2.75) is 13.0 Å². The number of nitrogens with zero attached hydrogens (tertiary/aromatic N) is 6. The van der Waals surface area contributed by atoms with Gasteiger partial charge < -0.3 is 14.5 Å². The zero-order valence-corrected chi connectivity index (χ0v) is 18.5. The zero-order chi connectivity index (χ0) is 22.1. The first-order valence-corrected chi connectivity index (χ1v) is 11.0. The van der Waals surface area contributed by atoms with Crippen LogP contribution < -0.4 is 4.90 Å². The van der Waals surface area contributed by atoms with Crippen LogP contribution in [0.1, 0.15) is 22.6 Å². The Kier molecular flexibility index (Phi) is 5.63. The maximum absolute atomic E-state index is 13.1. The summed E-state index contributed by atoms with van der Waals surface area (Å²) >= 11 is 6.26. The smallest absolute Gasteiger partial charge is 0.255 e. The molecule has 0 saturated carbocycles. The second kappa shape index (κ2) is 8.72. The summed E-state index contributed by atoms with van der Waals surface area (Å²) in [6, 6.07) is 15.1. The minimum absolute atomic E-state index is 0.0431. The average Bonchev–Trinajstić information content (AvgIpc) is 3.08. The number of rotatable bonds is 4. The van der Waals surface area contributed by atoms with Gasteiger partial charge in [0.2, 0.25) is 5.95 Å². The molecule has 0 bridgehead atoms. The highest BCUT2D eigenvalue weighted by atomic mass is 35.5. The molecule has 0 N–H and O–H groups in total. The lowest BCUT2D eigenvalue weighted by molar-refractivity contribution is 0.0767. The van der Waals surface area contributed by atoms with E-state index in [0.717, 1.165) is 35.5 Å². The van der Waals surface area contributed by atoms with Gasteiger partial charge in [-0.1, -0.05) is 35.9 Å². The SMILES string of the molecule is COCc1nnc2c3ccccc3nc(N3CCCN(C(=O)c4ccccc4Cl)CC3)n12. The fourth-order valence-electron chi connectivity index (χ4n) is 4.18. The Morgan fingerprint density at radius 2 is 1.84 bits per heavy atom. The van der Waals surface area contributed by atoms with Gasteiger partial charge in [0.1, 0.15) is 6.61 Å². The number of hydrogen-bond donors (Lipinski definition) is 0. The fourth-order valence-corrected chi connectivity index (χ4v) is 4.40. The van der Waals surface area contributed by atoms with Crippen LogP contribution in [0.4, 0.5) is 5.95 Å². The number of anilines is 1. The van der Waals surface area contributed by atoms with Crippen molar-refractivity contribution in [3.8, 4) is 0 Å². The largest absolute Gasteiger partial charge is 0.377 e. The van der Waals surface area contributed by atoms with E-state index in [1.165, 1.54) is 0 Å². The van der Waals surface area contributed by atoms with E-state index in [1.807, 2.05) is 45.7 Å². The summed E-state index contributed by atoms with van der Waals surface area (Å²) in [6.45, 7) is 2.96. The van der Waals surface area contributed by atoms with Gasteiger partial charge in [0, 0.05) is 38.7 Å². The van der Waals surface area contributed by atoms with Crippen molar-refractivity contribution in [1.82, 2.24) is 24.5 Å². The minimum atomic E-state index is -0.0431. The standard InChI is InChI=1S/C23H23ClN6O2/c1-32-15-20-26-27-21-17-8-3-5-10-19(17)25-23(30(20)21)29-12-6-11-28(13-14-29)22(31)16-7-2-4-9-18(16)24/h2-5,7-10H,6,11-15H2,1H3. The highest BCUT2D eigenvalue weighted by Gasteiger charge is 2.25. The molecule has 9 heteroatoms. The normalized spacial score (nSPS) is 14.8. The van der Waals surface area contributed by atoms with Gasteiger partial charge in [-0.15, -0.1) is 10.2 Å². The topological polar surface area (TPSA) is 75.9 Å². The van der Waals surface area contributed by atoms with Gasteiger partial charge in [-0.25, -0.2) is 9.38 Å². The summed E-state index contributed by atoms with van der Waals surface area (Å²) in [5.74, 6) is 1.42. The molecule has 1 aliphatic rings. The van der Waals surface area contributed by atoms with Crippen molar-refractivity contribution >= 4 is 40.0 Å². The van der Waals surface area contributed by atoms with Crippen LogP contribution in [0.3, 0.4) is 0 Å². The van der Waals surface area contributed by atoms with Gasteiger partial charge in [0.05, 0.1) is 16.1 Å². The lowest BCUT2D eigenvalue weighted by Crippen LogP contribution is -2.36. The summed E-state index contributed by atoms with van der Waals surface area (Å²) in [7, 11) is 1.64. The summed E-state index contributed by atoms with van der Waals surface area (Å²) < 4.78 is 7.32. The van der Waals surface area contributed by atoms with Crippen LogP contribution in [-0.4, -0.2) is 63.7 Å². The number of para-hydroxylation sites is 1. The number of fused-ring (bicyclic) bond motifs is 3. The van der Waals surface area contributed by atoms with Crippen LogP contribution in [0.25, 0.3) is 16.6 Å². The minimum Gasteiger partial charge on any atom is -0.377 e. The molecule has 0 spiro atoms. The molecule has 0 unspecified atom stereocenters. The number of ether oxygens (including phenoxy) is 1. The van der Waals surface area contributed by atoms with E-state index in [2.05, 4.69) is 15.1 Å². The highest BCUT2D eigenvalue weighted by molar-refractivity contribution is 6.33. The van der Waals surface area contributed by atoms with Gasteiger partial charge in [-0.2, -0.15) is 0 Å². The molecule has 0 atom stereocenters. The second-order valence-electron chi connectivity index (χ2n) is 7.75. The maximum atomic E-state index is 13.1. The molecule has 0 radical (unpaired) electrons. The van der Waals surface area contributed by atoms with Gasteiger partial charge in [-0.3, -0.25) is 4.79 Å². The number of amides is 1. The van der Waals surface area contributed by atoms with Crippen molar-refractivity contribution < 1.29 is 9.53 Å². The first kappa shape index (κ1) is 20.7. The molecule has 3 heterocycles. The van der Waals surface area contributed by atoms with Crippen LogP contribution in [0.2, 0.25) is 5.02 Å². The number of methoxy groups -OCH3 is 1. The molecule has 2 aromatic carbocycles.